The van der Waals surface area contributed by atoms with Gasteiger partial charge in [-0.05, 0) is 41.3 Å². The van der Waals surface area contributed by atoms with Gasteiger partial charge in [0.2, 0.25) is 0 Å². The van der Waals surface area contributed by atoms with E-state index in [2.05, 4.69) is 61.7 Å². The van der Waals surface area contributed by atoms with Crippen molar-refractivity contribution >= 4 is 11.4 Å². The van der Waals surface area contributed by atoms with Crippen molar-refractivity contribution < 1.29 is 4.74 Å². The van der Waals surface area contributed by atoms with E-state index in [1.165, 1.54) is 22.4 Å². The first-order chi connectivity index (χ1) is 10.1. The highest BCUT2D eigenvalue weighted by molar-refractivity contribution is 5.84. The summed E-state index contributed by atoms with van der Waals surface area (Å²) >= 11 is 0. The third-order valence-electron chi connectivity index (χ3n) is 4.15. The monoisotopic (exact) mass is 279 g/mol. The van der Waals surface area contributed by atoms with Crippen LogP contribution in [0.15, 0.2) is 49.0 Å². The number of anilines is 1. The van der Waals surface area contributed by atoms with Gasteiger partial charge in [-0.25, -0.2) is 0 Å². The highest BCUT2D eigenvalue weighted by atomic mass is 16.5. The molecule has 21 heavy (non-hydrogen) atoms. The first-order valence-electron chi connectivity index (χ1n) is 7.34. The molecule has 3 rings (SSSR count). The summed E-state index contributed by atoms with van der Waals surface area (Å²) in [5.74, 6) is 1.44. The third-order valence-corrected chi connectivity index (χ3v) is 4.15. The fraction of sp³-hybridized carbons (Fsp3) is 0.263. The molecule has 0 bridgehead atoms. The van der Waals surface area contributed by atoms with Crippen molar-refractivity contribution in [2.75, 3.05) is 12.0 Å². The molecule has 2 heteroatoms. The Labute approximate surface area is 126 Å². The van der Waals surface area contributed by atoms with Crippen LogP contribution in [0, 0.1) is 0 Å². The molecule has 108 valence electrons. The molecule has 0 saturated heterocycles. The van der Waals surface area contributed by atoms with Crippen molar-refractivity contribution in [2.24, 2.45) is 0 Å². The van der Waals surface area contributed by atoms with Gasteiger partial charge in [0.15, 0.2) is 0 Å². The van der Waals surface area contributed by atoms with Crippen molar-refractivity contribution in [3.05, 3.63) is 65.7 Å². The number of nitrogens with zero attached hydrogens (tertiary/aromatic N) is 1. The van der Waals surface area contributed by atoms with Crippen LogP contribution in [0.25, 0.3) is 5.70 Å². The zero-order chi connectivity index (χ0) is 15.0. The van der Waals surface area contributed by atoms with E-state index in [0.29, 0.717) is 5.92 Å². The summed E-state index contributed by atoms with van der Waals surface area (Å²) in [7, 11) is 1.70. The number of hydrogen-bond donors (Lipinski definition) is 0. The average molecular weight is 279 g/mol. The summed E-state index contributed by atoms with van der Waals surface area (Å²) in [6.07, 6.45) is 0. The van der Waals surface area contributed by atoms with E-state index in [0.717, 1.165) is 18.0 Å². The maximum Gasteiger partial charge on any atom is 0.119 e. The van der Waals surface area contributed by atoms with Gasteiger partial charge in [0.1, 0.15) is 5.75 Å². The average Bonchev–Trinajstić information content (AvgIpc) is 2.84. The minimum Gasteiger partial charge on any atom is -0.497 e. The lowest BCUT2D eigenvalue weighted by Gasteiger charge is -2.20. The minimum atomic E-state index is 0.558. The Morgan fingerprint density at radius 3 is 2.43 bits per heavy atom. The molecular formula is C19H21NO. The summed E-state index contributed by atoms with van der Waals surface area (Å²) in [4.78, 5) is 2.26. The largest absolute Gasteiger partial charge is 0.497 e. The molecule has 0 aliphatic carbocycles. The van der Waals surface area contributed by atoms with Gasteiger partial charge >= 0.3 is 0 Å². The molecule has 0 radical (unpaired) electrons. The quantitative estimate of drug-likeness (QED) is 0.799. The molecule has 2 aromatic carbocycles. The Hall–Kier alpha value is -2.22. The predicted octanol–water partition coefficient (Wildman–Crippen LogP) is 4.81. The van der Waals surface area contributed by atoms with Gasteiger partial charge in [-0.15, -0.1) is 0 Å². The number of methoxy groups -OCH3 is 1. The van der Waals surface area contributed by atoms with E-state index in [9.17, 15) is 0 Å². The Morgan fingerprint density at radius 2 is 1.81 bits per heavy atom. The van der Waals surface area contributed by atoms with E-state index >= 15 is 0 Å². The van der Waals surface area contributed by atoms with E-state index in [-0.39, 0.29) is 0 Å². The number of fused-ring (bicyclic) bond motifs is 1. The summed E-state index contributed by atoms with van der Waals surface area (Å²) in [5.41, 5.74) is 6.08. The smallest absolute Gasteiger partial charge is 0.119 e. The van der Waals surface area contributed by atoms with Crippen LogP contribution in [0.4, 0.5) is 5.69 Å². The Bertz CT molecular complexity index is 670. The van der Waals surface area contributed by atoms with Crippen LogP contribution < -0.4 is 9.64 Å². The molecule has 0 atom stereocenters. The molecule has 1 aliphatic heterocycles. The van der Waals surface area contributed by atoms with Crippen LogP contribution >= 0.6 is 0 Å². The highest BCUT2D eigenvalue weighted by Crippen LogP contribution is 2.37. The van der Waals surface area contributed by atoms with Gasteiger partial charge in [-0.1, -0.05) is 38.6 Å². The molecule has 0 amide bonds. The number of rotatable bonds is 3. The standard InChI is InChI=1S/C19H21NO/c1-13(2)15-5-8-17(9-6-15)20-12-16-7-10-18(21-4)11-19(16)14(20)3/h5-11,13H,3,12H2,1-2,4H3. The fourth-order valence-electron chi connectivity index (χ4n) is 2.79. The lowest BCUT2D eigenvalue weighted by Crippen LogP contribution is -2.12. The van der Waals surface area contributed by atoms with E-state index < -0.39 is 0 Å². The fourth-order valence-corrected chi connectivity index (χ4v) is 2.79. The molecule has 1 heterocycles. The maximum atomic E-state index is 5.31. The van der Waals surface area contributed by atoms with Crippen LogP contribution in [0.2, 0.25) is 0 Å². The zero-order valence-corrected chi connectivity index (χ0v) is 12.9. The zero-order valence-electron chi connectivity index (χ0n) is 12.9. The van der Waals surface area contributed by atoms with Crippen LogP contribution in [-0.2, 0) is 6.54 Å². The Morgan fingerprint density at radius 1 is 1.10 bits per heavy atom. The molecule has 1 aliphatic rings. The second kappa shape index (κ2) is 5.28. The number of benzene rings is 2. The topological polar surface area (TPSA) is 12.5 Å². The van der Waals surface area contributed by atoms with Gasteiger partial charge < -0.3 is 9.64 Å². The van der Waals surface area contributed by atoms with Crippen LogP contribution in [0.1, 0.15) is 36.5 Å². The molecule has 0 aromatic heterocycles. The van der Waals surface area contributed by atoms with E-state index in [4.69, 9.17) is 4.74 Å². The summed E-state index contributed by atoms with van der Waals surface area (Å²) in [5, 5.41) is 0. The molecule has 0 unspecified atom stereocenters. The number of hydrogen-bond acceptors (Lipinski definition) is 2. The summed E-state index contributed by atoms with van der Waals surface area (Å²) in [6.45, 7) is 9.56. The first kappa shape index (κ1) is 13.7. The van der Waals surface area contributed by atoms with Gasteiger partial charge in [0.05, 0.1) is 7.11 Å². The predicted molar refractivity (Wildman–Crippen MR) is 88.7 cm³/mol. The normalized spacial score (nSPS) is 13.7. The molecule has 0 saturated carbocycles. The van der Waals surface area contributed by atoms with Crippen LogP contribution in [0.3, 0.4) is 0 Å². The van der Waals surface area contributed by atoms with Gasteiger partial charge in [0.25, 0.3) is 0 Å². The van der Waals surface area contributed by atoms with Crippen LogP contribution in [0.5, 0.6) is 5.75 Å². The maximum absolute atomic E-state index is 5.31. The number of ether oxygens (including phenoxy) is 1. The van der Waals surface area contributed by atoms with Gasteiger partial charge in [-0.3, -0.25) is 0 Å². The Balaban J connectivity index is 1.90. The molecule has 2 nitrogen and oxygen atoms in total. The summed E-state index contributed by atoms with van der Waals surface area (Å²) in [6, 6.07) is 15.0. The lowest BCUT2D eigenvalue weighted by atomic mass is 10.0. The van der Waals surface area contributed by atoms with Crippen molar-refractivity contribution in [1.82, 2.24) is 0 Å². The van der Waals surface area contributed by atoms with Gasteiger partial charge in [0, 0.05) is 23.5 Å². The molecular weight excluding hydrogens is 258 g/mol. The van der Waals surface area contributed by atoms with Crippen LogP contribution in [-0.4, -0.2) is 7.11 Å². The second-order valence-corrected chi connectivity index (χ2v) is 5.80. The second-order valence-electron chi connectivity index (χ2n) is 5.80. The first-order valence-corrected chi connectivity index (χ1v) is 7.34. The third kappa shape index (κ3) is 2.42. The SMILES string of the molecule is C=C1c2cc(OC)ccc2CN1c1ccc(C(C)C)cc1. The van der Waals surface area contributed by atoms with Gasteiger partial charge in [-0.2, -0.15) is 0 Å². The lowest BCUT2D eigenvalue weighted by molar-refractivity contribution is 0.414. The van der Waals surface area contributed by atoms with Crippen molar-refractivity contribution in [3.8, 4) is 5.75 Å². The van der Waals surface area contributed by atoms with E-state index in [1.54, 1.807) is 7.11 Å². The Kier molecular flexibility index (Phi) is 3.46. The molecule has 0 N–H and O–H groups in total. The summed E-state index contributed by atoms with van der Waals surface area (Å²) < 4.78 is 5.31. The highest BCUT2D eigenvalue weighted by Gasteiger charge is 2.23. The molecule has 0 fully saturated rings. The van der Waals surface area contributed by atoms with Crippen molar-refractivity contribution in [3.63, 3.8) is 0 Å². The van der Waals surface area contributed by atoms with E-state index in [1.807, 2.05) is 6.07 Å². The molecule has 2 aromatic rings. The van der Waals surface area contributed by atoms with Crippen molar-refractivity contribution in [1.29, 1.82) is 0 Å². The molecule has 0 spiro atoms. The minimum absolute atomic E-state index is 0.558. The van der Waals surface area contributed by atoms with Crippen molar-refractivity contribution in [2.45, 2.75) is 26.3 Å².